The highest BCUT2D eigenvalue weighted by molar-refractivity contribution is 5.52. The molecule has 0 aliphatic heterocycles. The van der Waals surface area contributed by atoms with E-state index < -0.39 is 4.92 Å². The van der Waals surface area contributed by atoms with Crippen LogP contribution in [-0.4, -0.2) is 23.7 Å². The molecule has 0 saturated heterocycles. The first-order valence-electron chi connectivity index (χ1n) is 5.79. The van der Waals surface area contributed by atoms with Gasteiger partial charge in [0, 0.05) is 12.1 Å². The third-order valence-corrected chi connectivity index (χ3v) is 2.17. The quantitative estimate of drug-likeness (QED) is 0.463. The van der Waals surface area contributed by atoms with Crippen LogP contribution in [0.4, 0.5) is 5.69 Å². The number of nitro benzene ring substituents is 1. The summed E-state index contributed by atoms with van der Waals surface area (Å²) in [7, 11) is 0. The smallest absolute Gasteiger partial charge is 0.287 e. The van der Waals surface area contributed by atoms with E-state index in [9.17, 15) is 10.1 Å². The van der Waals surface area contributed by atoms with Crippen molar-refractivity contribution >= 4 is 5.69 Å². The molecule has 1 aromatic carbocycles. The molecule has 0 unspecified atom stereocenters. The summed E-state index contributed by atoms with van der Waals surface area (Å²) in [6, 6.07) is 5.87. The van der Waals surface area contributed by atoms with Crippen LogP contribution in [0.3, 0.4) is 0 Å². The lowest BCUT2D eigenvalue weighted by Gasteiger charge is -2.19. The standard InChI is InChI=1S/C13H16N2O4/c1-13(2,3)19-7-6-18-11-4-5-12(15(16)17)10(8-11)9-14/h4-5,8H,6-7H2,1-3H3. The van der Waals surface area contributed by atoms with E-state index >= 15 is 0 Å². The number of nitro groups is 1. The minimum absolute atomic E-state index is 0.0146. The Balaban J connectivity index is 2.61. The van der Waals surface area contributed by atoms with Crippen LogP contribution in [0.25, 0.3) is 0 Å². The number of benzene rings is 1. The molecule has 0 aliphatic carbocycles. The molecule has 0 aliphatic rings. The average molecular weight is 264 g/mol. The summed E-state index contributed by atoms with van der Waals surface area (Å²) in [6.07, 6.45) is 0. The molecule has 19 heavy (non-hydrogen) atoms. The average Bonchev–Trinajstić information content (AvgIpc) is 2.33. The largest absolute Gasteiger partial charge is 0.491 e. The molecular formula is C13H16N2O4. The topological polar surface area (TPSA) is 85.4 Å². The van der Waals surface area contributed by atoms with Crippen LogP contribution in [0, 0.1) is 21.4 Å². The maximum Gasteiger partial charge on any atom is 0.287 e. The second-order valence-electron chi connectivity index (χ2n) is 4.86. The lowest BCUT2D eigenvalue weighted by molar-refractivity contribution is -0.385. The molecule has 0 fully saturated rings. The summed E-state index contributed by atoms with van der Waals surface area (Å²) >= 11 is 0. The second-order valence-corrected chi connectivity index (χ2v) is 4.86. The van der Waals surface area contributed by atoms with Gasteiger partial charge in [-0.05, 0) is 26.8 Å². The van der Waals surface area contributed by atoms with Gasteiger partial charge in [-0.3, -0.25) is 10.1 Å². The van der Waals surface area contributed by atoms with E-state index in [1.165, 1.54) is 18.2 Å². The van der Waals surface area contributed by atoms with Gasteiger partial charge in [0.25, 0.3) is 5.69 Å². The van der Waals surface area contributed by atoms with Crippen molar-refractivity contribution in [1.82, 2.24) is 0 Å². The molecule has 6 nitrogen and oxygen atoms in total. The zero-order valence-electron chi connectivity index (χ0n) is 11.2. The van der Waals surface area contributed by atoms with Gasteiger partial charge in [0.15, 0.2) is 0 Å². The normalized spacial score (nSPS) is 10.8. The van der Waals surface area contributed by atoms with E-state index in [4.69, 9.17) is 14.7 Å². The first-order chi connectivity index (χ1) is 8.83. The number of nitrogens with zero attached hydrogens (tertiary/aromatic N) is 2. The summed E-state index contributed by atoms with van der Waals surface area (Å²) in [4.78, 5) is 10.1. The van der Waals surface area contributed by atoms with Crippen molar-refractivity contribution in [2.75, 3.05) is 13.2 Å². The third kappa shape index (κ3) is 4.94. The molecule has 0 amide bonds. The van der Waals surface area contributed by atoms with Crippen molar-refractivity contribution < 1.29 is 14.4 Å². The van der Waals surface area contributed by atoms with Crippen LogP contribution in [0.2, 0.25) is 0 Å². The highest BCUT2D eigenvalue weighted by atomic mass is 16.6. The van der Waals surface area contributed by atoms with Gasteiger partial charge in [-0.2, -0.15) is 5.26 Å². The molecule has 0 N–H and O–H groups in total. The maximum absolute atomic E-state index is 10.7. The van der Waals surface area contributed by atoms with Gasteiger partial charge in [0.2, 0.25) is 0 Å². The minimum Gasteiger partial charge on any atom is -0.491 e. The van der Waals surface area contributed by atoms with Crippen molar-refractivity contribution in [2.24, 2.45) is 0 Å². The van der Waals surface area contributed by atoms with Gasteiger partial charge in [-0.1, -0.05) is 0 Å². The molecule has 0 atom stereocenters. The lowest BCUT2D eigenvalue weighted by Crippen LogP contribution is -2.22. The predicted molar refractivity (Wildman–Crippen MR) is 69.0 cm³/mol. The van der Waals surface area contributed by atoms with Gasteiger partial charge in [0.1, 0.15) is 24.0 Å². The molecule has 0 spiro atoms. The molecule has 0 saturated carbocycles. The van der Waals surface area contributed by atoms with Crippen LogP contribution in [-0.2, 0) is 4.74 Å². The molecule has 1 aromatic rings. The molecule has 102 valence electrons. The fraction of sp³-hybridized carbons (Fsp3) is 0.462. The Morgan fingerprint density at radius 1 is 1.37 bits per heavy atom. The molecule has 6 heteroatoms. The molecule has 0 heterocycles. The SMILES string of the molecule is CC(C)(C)OCCOc1ccc([N+](=O)[O-])c(C#N)c1. The van der Waals surface area contributed by atoms with Gasteiger partial charge < -0.3 is 9.47 Å². The van der Waals surface area contributed by atoms with Gasteiger partial charge >= 0.3 is 0 Å². The Labute approximate surface area is 111 Å². The van der Waals surface area contributed by atoms with E-state index in [1.54, 1.807) is 6.07 Å². The Morgan fingerprint density at radius 2 is 2.05 bits per heavy atom. The summed E-state index contributed by atoms with van der Waals surface area (Å²) in [6.45, 7) is 6.54. The van der Waals surface area contributed by atoms with E-state index in [2.05, 4.69) is 0 Å². The third-order valence-electron chi connectivity index (χ3n) is 2.17. The molecular weight excluding hydrogens is 248 g/mol. The van der Waals surface area contributed by atoms with Crippen LogP contribution >= 0.6 is 0 Å². The van der Waals surface area contributed by atoms with Crippen LogP contribution in [0.15, 0.2) is 18.2 Å². The summed E-state index contributed by atoms with van der Waals surface area (Å²) in [5.74, 6) is 0.416. The predicted octanol–water partition coefficient (Wildman–Crippen LogP) is 2.66. The summed E-state index contributed by atoms with van der Waals surface area (Å²) in [5, 5.41) is 19.5. The van der Waals surface area contributed by atoms with Crippen LogP contribution in [0.1, 0.15) is 26.3 Å². The highest BCUT2D eigenvalue weighted by Gasteiger charge is 2.14. The maximum atomic E-state index is 10.7. The van der Waals surface area contributed by atoms with Crippen molar-refractivity contribution in [2.45, 2.75) is 26.4 Å². The fourth-order valence-electron chi connectivity index (χ4n) is 1.36. The van der Waals surface area contributed by atoms with Crippen molar-refractivity contribution in [3.05, 3.63) is 33.9 Å². The van der Waals surface area contributed by atoms with E-state index in [1.807, 2.05) is 20.8 Å². The molecule has 0 aromatic heterocycles. The number of hydrogen-bond donors (Lipinski definition) is 0. The number of hydrogen-bond acceptors (Lipinski definition) is 5. The number of rotatable bonds is 5. The molecule has 0 bridgehead atoms. The van der Waals surface area contributed by atoms with Crippen LogP contribution < -0.4 is 4.74 Å². The zero-order chi connectivity index (χ0) is 14.5. The second kappa shape index (κ2) is 6.16. The Morgan fingerprint density at radius 3 is 2.58 bits per heavy atom. The van der Waals surface area contributed by atoms with Crippen LogP contribution in [0.5, 0.6) is 5.75 Å². The first kappa shape index (κ1) is 14.9. The van der Waals surface area contributed by atoms with Crippen molar-refractivity contribution in [3.63, 3.8) is 0 Å². The minimum atomic E-state index is -0.592. The zero-order valence-corrected chi connectivity index (χ0v) is 11.2. The number of ether oxygens (including phenoxy) is 2. The van der Waals surface area contributed by atoms with Gasteiger partial charge in [0.05, 0.1) is 17.1 Å². The van der Waals surface area contributed by atoms with E-state index in [0.717, 1.165) is 0 Å². The summed E-state index contributed by atoms with van der Waals surface area (Å²) < 4.78 is 10.9. The van der Waals surface area contributed by atoms with Gasteiger partial charge in [-0.25, -0.2) is 0 Å². The van der Waals surface area contributed by atoms with Crippen molar-refractivity contribution in [1.29, 1.82) is 5.26 Å². The fourth-order valence-corrected chi connectivity index (χ4v) is 1.36. The van der Waals surface area contributed by atoms with Gasteiger partial charge in [-0.15, -0.1) is 0 Å². The van der Waals surface area contributed by atoms with E-state index in [-0.39, 0.29) is 16.9 Å². The monoisotopic (exact) mass is 264 g/mol. The Bertz CT molecular complexity index is 500. The molecule has 0 radical (unpaired) electrons. The summed E-state index contributed by atoms with van der Waals surface area (Å²) in [5.41, 5.74) is -0.476. The van der Waals surface area contributed by atoms with Crippen molar-refractivity contribution in [3.8, 4) is 11.8 Å². The molecule has 1 rings (SSSR count). The lowest BCUT2D eigenvalue weighted by atomic mass is 10.2. The highest BCUT2D eigenvalue weighted by Crippen LogP contribution is 2.23. The van der Waals surface area contributed by atoms with E-state index in [0.29, 0.717) is 19.0 Å². The number of nitriles is 1. The Hall–Kier alpha value is -2.13. The first-order valence-corrected chi connectivity index (χ1v) is 5.79. The Kier molecular flexibility index (Phi) is 4.84.